The van der Waals surface area contributed by atoms with Gasteiger partial charge in [-0.25, -0.2) is 0 Å². The van der Waals surface area contributed by atoms with Gasteiger partial charge in [-0.1, -0.05) is 22.8 Å². The summed E-state index contributed by atoms with van der Waals surface area (Å²) in [6.45, 7) is 4.38. The fourth-order valence-electron chi connectivity index (χ4n) is 3.94. The van der Waals surface area contributed by atoms with Gasteiger partial charge in [0.05, 0.1) is 36.8 Å². The van der Waals surface area contributed by atoms with Gasteiger partial charge < -0.3 is 14.2 Å². The molecule has 3 heterocycles. The van der Waals surface area contributed by atoms with Crippen LogP contribution < -0.4 is 4.74 Å². The number of aryl methyl sites for hydroxylation is 1. The Morgan fingerprint density at radius 3 is 2.70 bits per heavy atom. The first-order valence-electron chi connectivity index (χ1n) is 10.4. The van der Waals surface area contributed by atoms with Gasteiger partial charge in [-0.15, -0.1) is 0 Å². The number of methoxy groups -OCH3 is 1. The monoisotopic (exact) mass is 464 g/mol. The molecule has 0 N–H and O–H groups in total. The lowest BCUT2D eigenvalue weighted by molar-refractivity contribution is 0.0435. The third-order valence-electron chi connectivity index (χ3n) is 5.90. The maximum absolute atomic E-state index is 13.6. The van der Waals surface area contributed by atoms with Gasteiger partial charge in [-0.3, -0.25) is 4.79 Å². The van der Waals surface area contributed by atoms with Crippen molar-refractivity contribution in [3.8, 4) is 22.9 Å². The van der Waals surface area contributed by atoms with Gasteiger partial charge >= 0.3 is 0 Å². The van der Waals surface area contributed by atoms with Crippen molar-refractivity contribution in [3.05, 3.63) is 70.3 Å². The summed E-state index contributed by atoms with van der Waals surface area (Å²) in [6.07, 6.45) is 3.87. The molecule has 0 aliphatic carbocycles. The van der Waals surface area contributed by atoms with Gasteiger partial charge in [0.1, 0.15) is 5.75 Å². The lowest BCUT2D eigenvalue weighted by Gasteiger charge is -2.39. The maximum atomic E-state index is 13.6. The number of nitrogens with zero attached hydrogens (tertiary/aromatic N) is 6. The number of hydrogen-bond acceptors (Lipinski definition) is 7. The number of halogens is 1. The van der Waals surface area contributed by atoms with E-state index in [9.17, 15) is 4.79 Å². The van der Waals surface area contributed by atoms with Crippen LogP contribution >= 0.6 is 11.6 Å². The van der Waals surface area contributed by atoms with E-state index in [-0.39, 0.29) is 11.9 Å². The summed E-state index contributed by atoms with van der Waals surface area (Å²) in [5, 5.41) is 13.2. The number of hydrogen-bond donors (Lipinski definition) is 0. The molecule has 33 heavy (non-hydrogen) atoms. The zero-order chi connectivity index (χ0) is 23.1. The zero-order valence-corrected chi connectivity index (χ0v) is 19.1. The van der Waals surface area contributed by atoms with Gasteiger partial charge in [0.25, 0.3) is 11.8 Å². The van der Waals surface area contributed by atoms with Crippen molar-refractivity contribution in [2.24, 2.45) is 0 Å². The minimum atomic E-state index is -0.291. The van der Waals surface area contributed by atoms with E-state index < -0.39 is 0 Å². The third-order valence-corrected chi connectivity index (χ3v) is 6.31. The summed E-state index contributed by atoms with van der Waals surface area (Å²) < 4.78 is 11.0. The molecule has 1 fully saturated rings. The average molecular weight is 465 g/mol. The number of benzene rings is 2. The van der Waals surface area contributed by atoms with Gasteiger partial charge in [-0.2, -0.15) is 20.0 Å². The Balaban J connectivity index is 1.47. The van der Waals surface area contributed by atoms with Crippen molar-refractivity contribution in [2.45, 2.75) is 26.3 Å². The normalized spacial score (nSPS) is 15.4. The first-order chi connectivity index (χ1) is 16.0. The van der Waals surface area contributed by atoms with E-state index in [2.05, 4.69) is 20.3 Å². The number of amides is 1. The number of carbonyl (C=O) groups is 1. The van der Waals surface area contributed by atoms with Gasteiger partial charge in [0.2, 0.25) is 0 Å². The molecule has 1 atom stereocenters. The number of rotatable bonds is 5. The van der Waals surface area contributed by atoms with Crippen molar-refractivity contribution in [3.63, 3.8) is 0 Å². The van der Waals surface area contributed by atoms with Crippen LogP contribution in [0.3, 0.4) is 0 Å². The summed E-state index contributed by atoms with van der Waals surface area (Å²) >= 11 is 6.23. The van der Waals surface area contributed by atoms with Gasteiger partial charge in [-0.05, 0) is 55.7 Å². The zero-order valence-electron chi connectivity index (χ0n) is 18.3. The van der Waals surface area contributed by atoms with Crippen molar-refractivity contribution in [1.82, 2.24) is 30.0 Å². The molecular weight excluding hydrogens is 444 g/mol. The molecule has 0 spiro atoms. The quantitative estimate of drug-likeness (QED) is 0.436. The summed E-state index contributed by atoms with van der Waals surface area (Å²) in [5.74, 6) is 1.27. The van der Waals surface area contributed by atoms with E-state index in [0.717, 1.165) is 23.1 Å². The Labute approximate surface area is 194 Å². The Bertz CT molecular complexity index is 1330. The second kappa shape index (κ2) is 8.32. The lowest BCUT2D eigenvalue weighted by Crippen LogP contribution is -2.46. The van der Waals surface area contributed by atoms with Crippen LogP contribution in [0.2, 0.25) is 5.02 Å². The Hall–Kier alpha value is -3.72. The van der Waals surface area contributed by atoms with E-state index in [1.54, 1.807) is 30.5 Å². The highest BCUT2D eigenvalue weighted by Gasteiger charge is 2.38. The smallest absolute Gasteiger partial charge is 0.258 e. The highest BCUT2D eigenvalue weighted by molar-refractivity contribution is 6.31. The number of ether oxygens (including phenoxy) is 1. The Morgan fingerprint density at radius 1 is 1.21 bits per heavy atom. The molecule has 4 aromatic rings. The summed E-state index contributed by atoms with van der Waals surface area (Å²) in [4.78, 5) is 21.3. The summed E-state index contributed by atoms with van der Waals surface area (Å²) in [5.41, 5.74) is 3.53. The van der Waals surface area contributed by atoms with Gasteiger partial charge in [0.15, 0.2) is 5.82 Å². The van der Waals surface area contributed by atoms with Crippen LogP contribution in [0.1, 0.15) is 39.8 Å². The van der Waals surface area contributed by atoms with Crippen molar-refractivity contribution in [2.75, 3.05) is 13.7 Å². The SMILES string of the molecule is COc1cc(C(=O)N2CCC2c2noc(-c3cccc(Cl)c3C)n2)c(-n2nccn2)cc1C. The van der Waals surface area contributed by atoms with Crippen LogP contribution in [-0.2, 0) is 0 Å². The van der Waals surface area contributed by atoms with Crippen LogP contribution in [-0.4, -0.2) is 49.6 Å². The van der Waals surface area contributed by atoms with Crippen molar-refractivity contribution >= 4 is 17.5 Å². The van der Waals surface area contributed by atoms with E-state index in [4.69, 9.17) is 20.9 Å². The minimum absolute atomic E-state index is 0.179. The number of likely N-dealkylation sites (tertiary alicyclic amines) is 1. The van der Waals surface area contributed by atoms with Crippen LogP contribution in [0, 0.1) is 13.8 Å². The van der Waals surface area contributed by atoms with E-state index in [1.165, 1.54) is 4.80 Å². The van der Waals surface area contributed by atoms with Crippen molar-refractivity contribution in [1.29, 1.82) is 0 Å². The molecule has 5 rings (SSSR count). The Morgan fingerprint density at radius 2 is 2.00 bits per heavy atom. The molecule has 1 unspecified atom stereocenters. The molecule has 2 aromatic carbocycles. The molecule has 0 radical (unpaired) electrons. The first kappa shape index (κ1) is 21.1. The van der Waals surface area contributed by atoms with Crippen LogP contribution in [0.15, 0.2) is 47.2 Å². The predicted octanol–water partition coefficient (Wildman–Crippen LogP) is 4.18. The molecule has 1 amide bonds. The molecule has 2 aromatic heterocycles. The molecule has 168 valence electrons. The standard InChI is InChI=1S/C23H21ClN6O3/c1-13-11-19(30-25-8-9-26-30)16(12-20(13)32-3)23(31)29-10-7-18(29)21-27-22(33-28-21)15-5-4-6-17(24)14(15)2/h4-6,8-9,11-12,18H,7,10H2,1-3H3. The fourth-order valence-corrected chi connectivity index (χ4v) is 4.12. The number of carbonyl (C=O) groups excluding carboxylic acids is 1. The average Bonchev–Trinajstić information content (AvgIpc) is 3.47. The first-order valence-corrected chi connectivity index (χ1v) is 10.8. The second-order valence-electron chi connectivity index (χ2n) is 7.83. The third kappa shape index (κ3) is 3.64. The van der Waals surface area contributed by atoms with Crippen LogP contribution in [0.4, 0.5) is 0 Å². The molecular formula is C23H21ClN6O3. The van der Waals surface area contributed by atoms with Gasteiger partial charge in [0, 0.05) is 17.1 Å². The largest absolute Gasteiger partial charge is 0.496 e. The van der Waals surface area contributed by atoms with Crippen molar-refractivity contribution < 1.29 is 14.1 Å². The van der Waals surface area contributed by atoms with Crippen LogP contribution in [0.25, 0.3) is 17.1 Å². The topological polar surface area (TPSA) is 99.2 Å². The predicted molar refractivity (Wildman–Crippen MR) is 121 cm³/mol. The Kier molecular flexibility index (Phi) is 5.33. The molecule has 9 nitrogen and oxygen atoms in total. The van der Waals surface area contributed by atoms with E-state index >= 15 is 0 Å². The molecule has 10 heteroatoms. The maximum Gasteiger partial charge on any atom is 0.258 e. The summed E-state index contributed by atoms with van der Waals surface area (Å²) in [6, 6.07) is 8.80. The second-order valence-corrected chi connectivity index (χ2v) is 8.24. The highest BCUT2D eigenvalue weighted by atomic mass is 35.5. The molecule has 0 saturated carbocycles. The molecule has 1 aliphatic rings. The highest BCUT2D eigenvalue weighted by Crippen LogP contribution is 2.36. The van der Waals surface area contributed by atoms with Crippen LogP contribution in [0.5, 0.6) is 5.75 Å². The molecule has 1 saturated heterocycles. The van der Waals surface area contributed by atoms with E-state index in [1.807, 2.05) is 38.1 Å². The lowest BCUT2D eigenvalue weighted by atomic mass is 9.99. The van der Waals surface area contributed by atoms with E-state index in [0.29, 0.717) is 40.3 Å². The minimum Gasteiger partial charge on any atom is -0.496 e. The fraction of sp³-hybridized carbons (Fsp3) is 0.261. The molecule has 1 aliphatic heterocycles. The number of aromatic nitrogens is 5. The summed E-state index contributed by atoms with van der Waals surface area (Å²) in [7, 11) is 1.58. The molecule has 0 bridgehead atoms.